The van der Waals surface area contributed by atoms with Crippen LogP contribution in [0.4, 0.5) is 4.79 Å². The van der Waals surface area contributed by atoms with Gasteiger partial charge < -0.3 is 15.2 Å². The summed E-state index contributed by atoms with van der Waals surface area (Å²) in [5.74, 6) is 0.543. The SMILES string of the molecule is CC(C)CN1C[C@H](NC(=O)OCc2ccccc2)[C@@H](O)C1. The van der Waals surface area contributed by atoms with E-state index < -0.39 is 12.2 Å². The third-order valence-corrected chi connectivity index (χ3v) is 3.50. The van der Waals surface area contributed by atoms with E-state index in [-0.39, 0.29) is 12.6 Å². The summed E-state index contributed by atoms with van der Waals surface area (Å²) in [6, 6.07) is 9.28. The molecule has 1 aromatic rings. The van der Waals surface area contributed by atoms with Gasteiger partial charge in [0.15, 0.2) is 0 Å². The van der Waals surface area contributed by atoms with Gasteiger partial charge in [0.2, 0.25) is 0 Å². The van der Waals surface area contributed by atoms with Crippen molar-refractivity contribution in [3.63, 3.8) is 0 Å². The lowest BCUT2D eigenvalue weighted by Crippen LogP contribution is -2.43. The summed E-state index contributed by atoms with van der Waals surface area (Å²) in [5.41, 5.74) is 0.945. The smallest absolute Gasteiger partial charge is 0.407 e. The zero-order valence-electron chi connectivity index (χ0n) is 12.7. The Morgan fingerprint density at radius 2 is 2.10 bits per heavy atom. The van der Waals surface area contributed by atoms with Crippen molar-refractivity contribution >= 4 is 6.09 Å². The monoisotopic (exact) mass is 292 g/mol. The van der Waals surface area contributed by atoms with Gasteiger partial charge in [-0.3, -0.25) is 4.90 Å². The lowest BCUT2D eigenvalue weighted by atomic mass is 10.2. The maximum absolute atomic E-state index is 11.8. The Morgan fingerprint density at radius 3 is 2.76 bits per heavy atom. The molecule has 1 amide bonds. The van der Waals surface area contributed by atoms with Crippen molar-refractivity contribution in [2.24, 2.45) is 5.92 Å². The van der Waals surface area contributed by atoms with E-state index in [4.69, 9.17) is 4.74 Å². The second kappa shape index (κ2) is 7.43. The number of nitrogens with zero attached hydrogens (tertiary/aromatic N) is 1. The van der Waals surface area contributed by atoms with Crippen LogP contribution in [0.1, 0.15) is 19.4 Å². The van der Waals surface area contributed by atoms with E-state index >= 15 is 0 Å². The number of β-amino-alcohol motifs (C(OH)–C–C–N with tert-alkyl or cyclic N) is 1. The predicted octanol–water partition coefficient (Wildman–Crippen LogP) is 1.61. The van der Waals surface area contributed by atoms with Gasteiger partial charge in [-0.15, -0.1) is 0 Å². The molecule has 1 aliphatic rings. The van der Waals surface area contributed by atoms with Crippen molar-refractivity contribution in [3.05, 3.63) is 35.9 Å². The number of rotatable bonds is 5. The molecular formula is C16H24N2O3. The molecule has 0 aromatic heterocycles. The molecule has 5 heteroatoms. The van der Waals surface area contributed by atoms with Crippen LogP contribution >= 0.6 is 0 Å². The molecule has 1 aromatic carbocycles. The first-order valence-corrected chi connectivity index (χ1v) is 7.42. The zero-order valence-corrected chi connectivity index (χ0v) is 12.7. The Balaban J connectivity index is 1.75. The highest BCUT2D eigenvalue weighted by Crippen LogP contribution is 2.12. The van der Waals surface area contributed by atoms with Gasteiger partial charge in [0.25, 0.3) is 0 Å². The van der Waals surface area contributed by atoms with Gasteiger partial charge in [0, 0.05) is 19.6 Å². The fourth-order valence-electron chi connectivity index (χ4n) is 2.59. The van der Waals surface area contributed by atoms with Crippen molar-refractivity contribution in [3.8, 4) is 0 Å². The number of carbonyl (C=O) groups is 1. The number of aliphatic hydroxyl groups excluding tert-OH is 1. The van der Waals surface area contributed by atoms with Crippen LogP contribution in [0.15, 0.2) is 30.3 Å². The summed E-state index contributed by atoms with van der Waals surface area (Å²) in [7, 11) is 0. The van der Waals surface area contributed by atoms with Crippen molar-refractivity contribution < 1.29 is 14.6 Å². The van der Waals surface area contributed by atoms with Crippen LogP contribution in [0.2, 0.25) is 0 Å². The molecule has 0 aliphatic carbocycles. The van der Waals surface area contributed by atoms with Crippen molar-refractivity contribution in [2.75, 3.05) is 19.6 Å². The molecular weight excluding hydrogens is 268 g/mol. The summed E-state index contributed by atoms with van der Waals surface area (Å²) in [6.07, 6.45) is -1.01. The fraction of sp³-hybridized carbons (Fsp3) is 0.562. The summed E-state index contributed by atoms with van der Waals surface area (Å²) < 4.78 is 5.17. The topological polar surface area (TPSA) is 61.8 Å². The van der Waals surface area contributed by atoms with Crippen LogP contribution in [-0.2, 0) is 11.3 Å². The molecule has 1 heterocycles. The van der Waals surface area contributed by atoms with Gasteiger partial charge in [-0.1, -0.05) is 44.2 Å². The second-order valence-electron chi connectivity index (χ2n) is 5.99. The van der Waals surface area contributed by atoms with E-state index in [1.807, 2.05) is 30.3 Å². The van der Waals surface area contributed by atoms with Crippen LogP contribution in [0, 0.1) is 5.92 Å². The largest absolute Gasteiger partial charge is 0.445 e. The van der Waals surface area contributed by atoms with Gasteiger partial charge in [-0.2, -0.15) is 0 Å². The third kappa shape index (κ3) is 5.02. The molecule has 0 bridgehead atoms. The fourth-order valence-corrected chi connectivity index (χ4v) is 2.59. The van der Waals surface area contributed by atoms with Crippen LogP contribution in [0.5, 0.6) is 0 Å². The van der Waals surface area contributed by atoms with Crippen LogP contribution in [0.25, 0.3) is 0 Å². The molecule has 0 saturated carbocycles. The molecule has 2 N–H and O–H groups in total. The van der Waals surface area contributed by atoms with Gasteiger partial charge in [-0.25, -0.2) is 4.79 Å². The standard InChI is InChI=1S/C16H24N2O3/c1-12(2)8-18-9-14(15(19)10-18)17-16(20)21-11-13-6-4-3-5-7-13/h3-7,12,14-15,19H,8-11H2,1-2H3,(H,17,20)/t14-,15-/m0/s1. The van der Waals surface area contributed by atoms with Crippen LogP contribution in [-0.4, -0.2) is 47.9 Å². The number of hydrogen-bond acceptors (Lipinski definition) is 4. The summed E-state index contributed by atoms with van der Waals surface area (Å²) in [5, 5.41) is 12.7. The summed E-state index contributed by atoms with van der Waals surface area (Å²) >= 11 is 0. The van der Waals surface area contributed by atoms with E-state index in [1.165, 1.54) is 0 Å². The summed E-state index contributed by atoms with van der Waals surface area (Å²) in [6.45, 7) is 6.71. The first-order valence-electron chi connectivity index (χ1n) is 7.42. The second-order valence-corrected chi connectivity index (χ2v) is 5.99. The van der Waals surface area contributed by atoms with Gasteiger partial charge in [-0.05, 0) is 11.5 Å². The number of benzene rings is 1. The van der Waals surface area contributed by atoms with Crippen LogP contribution < -0.4 is 5.32 Å². The van der Waals surface area contributed by atoms with Crippen molar-refractivity contribution in [1.82, 2.24) is 10.2 Å². The molecule has 0 unspecified atom stereocenters. The highest BCUT2D eigenvalue weighted by molar-refractivity contribution is 5.67. The molecule has 0 radical (unpaired) electrons. The normalized spacial score (nSPS) is 22.5. The number of amides is 1. The summed E-state index contributed by atoms with van der Waals surface area (Å²) in [4.78, 5) is 13.9. The van der Waals surface area contributed by atoms with E-state index in [0.717, 1.165) is 12.1 Å². The van der Waals surface area contributed by atoms with Crippen molar-refractivity contribution in [1.29, 1.82) is 0 Å². The molecule has 2 rings (SSSR count). The highest BCUT2D eigenvalue weighted by atomic mass is 16.5. The van der Waals surface area contributed by atoms with E-state index in [2.05, 4.69) is 24.1 Å². The Hall–Kier alpha value is -1.59. The molecule has 116 valence electrons. The molecule has 1 saturated heterocycles. The zero-order chi connectivity index (χ0) is 15.2. The third-order valence-electron chi connectivity index (χ3n) is 3.50. The number of aliphatic hydroxyl groups is 1. The molecule has 5 nitrogen and oxygen atoms in total. The highest BCUT2D eigenvalue weighted by Gasteiger charge is 2.32. The van der Waals surface area contributed by atoms with E-state index in [0.29, 0.717) is 19.0 Å². The molecule has 0 spiro atoms. The number of hydrogen-bond donors (Lipinski definition) is 2. The minimum Gasteiger partial charge on any atom is -0.445 e. The Labute approximate surface area is 125 Å². The minimum atomic E-state index is -0.534. The maximum atomic E-state index is 11.8. The number of nitrogens with one attached hydrogen (secondary N) is 1. The van der Waals surface area contributed by atoms with Gasteiger partial charge in [0.05, 0.1) is 12.1 Å². The molecule has 1 fully saturated rings. The lowest BCUT2D eigenvalue weighted by Gasteiger charge is -2.18. The number of likely N-dealkylation sites (tertiary alicyclic amines) is 1. The van der Waals surface area contributed by atoms with Gasteiger partial charge in [0.1, 0.15) is 6.61 Å². The Morgan fingerprint density at radius 1 is 1.38 bits per heavy atom. The van der Waals surface area contributed by atoms with Crippen LogP contribution in [0.3, 0.4) is 0 Å². The molecule has 1 aliphatic heterocycles. The molecule has 2 atom stereocenters. The number of carbonyl (C=O) groups excluding carboxylic acids is 1. The average Bonchev–Trinajstić information content (AvgIpc) is 2.76. The first-order chi connectivity index (χ1) is 10.0. The first kappa shape index (κ1) is 15.8. The predicted molar refractivity (Wildman–Crippen MR) is 80.8 cm³/mol. The van der Waals surface area contributed by atoms with Crippen molar-refractivity contribution in [2.45, 2.75) is 32.6 Å². The Kier molecular flexibility index (Phi) is 5.59. The Bertz CT molecular complexity index is 450. The van der Waals surface area contributed by atoms with E-state index in [1.54, 1.807) is 0 Å². The maximum Gasteiger partial charge on any atom is 0.407 e. The van der Waals surface area contributed by atoms with Gasteiger partial charge >= 0.3 is 6.09 Å². The quantitative estimate of drug-likeness (QED) is 0.865. The number of alkyl carbamates (subject to hydrolysis) is 1. The molecule has 21 heavy (non-hydrogen) atoms. The average molecular weight is 292 g/mol. The minimum absolute atomic E-state index is 0.241. The van der Waals surface area contributed by atoms with E-state index in [9.17, 15) is 9.90 Å². The number of ether oxygens (including phenoxy) is 1. The lowest BCUT2D eigenvalue weighted by molar-refractivity contribution is 0.117.